The number of fused-ring (bicyclic) bond motifs is 1. The van der Waals surface area contributed by atoms with E-state index in [1.54, 1.807) is 22.7 Å². The maximum atomic E-state index is 10.7. The summed E-state index contributed by atoms with van der Waals surface area (Å²) >= 11 is 5.79. The number of halogens is 1. The van der Waals surface area contributed by atoms with Crippen LogP contribution in [0.5, 0.6) is 0 Å². The Balaban J connectivity index is 2.61. The molecule has 3 N–H and O–H groups in total. The predicted octanol–water partition coefficient (Wildman–Crippen LogP) is 1.07. The Kier molecular flexibility index (Phi) is 2.34. The number of nitrogens with zero attached hydrogens (tertiary/aromatic N) is 2. The zero-order valence-electron chi connectivity index (χ0n) is 7.59. The monoisotopic (exact) mass is 225 g/mol. The fraction of sp³-hybridized carbons (Fsp3) is 0.111. The first-order valence-corrected chi connectivity index (χ1v) is 4.58. The second-order valence-corrected chi connectivity index (χ2v) is 3.51. The molecule has 0 aliphatic heterocycles. The van der Waals surface area contributed by atoms with Crippen molar-refractivity contribution in [3.8, 4) is 0 Å². The summed E-state index contributed by atoms with van der Waals surface area (Å²) in [5.41, 5.74) is 6.51. The average Bonchev–Trinajstić information content (AvgIpc) is 2.59. The standard InChI is InChI=1S/C9H8ClN3O2/c10-5-1-2-7-12-3-6(13(7)4-5)8(11)9(14)15/h1-4,8H,11H2,(H,14,15). The highest BCUT2D eigenvalue weighted by molar-refractivity contribution is 6.30. The molecule has 2 aromatic rings. The maximum absolute atomic E-state index is 10.7. The first-order valence-electron chi connectivity index (χ1n) is 4.20. The van der Waals surface area contributed by atoms with Crippen LogP contribution in [-0.2, 0) is 4.79 Å². The van der Waals surface area contributed by atoms with Crippen molar-refractivity contribution < 1.29 is 9.90 Å². The molecule has 2 heterocycles. The van der Waals surface area contributed by atoms with Gasteiger partial charge in [0.25, 0.3) is 0 Å². The minimum Gasteiger partial charge on any atom is -0.480 e. The first kappa shape index (κ1) is 9.95. The minimum absolute atomic E-state index is 0.403. The normalized spacial score (nSPS) is 12.9. The summed E-state index contributed by atoms with van der Waals surface area (Å²) < 4.78 is 1.57. The van der Waals surface area contributed by atoms with Crippen molar-refractivity contribution in [3.63, 3.8) is 0 Å². The van der Waals surface area contributed by atoms with E-state index >= 15 is 0 Å². The maximum Gasteiger partial charge on any atom is 0.326 e. The van der Waals surface area contributed by atoms with Crippen molar-refractivity contribution in [3.05, 3.63) is 35.2 Å². The molecule has 0 fully saturated rings. The highest BCUT2D eigenvalue weighted by atomic mass is 35.5. The lowest BCUT2D eigenvalue weighted by Gasteiger charge is -2.05. The molecule has 78 valence electrons. The highest BCUT2D eigenvalue weighted by Crippen LogP contribution is 2.16. The summed E-state index contributed by atoms with van der Waals surface area (Å²) in [4.78, 5) is 14.8. The summed E-state index contributed by atoms with van der Waals surface area (Å²) in [5.74, 6) is -1.10. The number of carboxylic acid groups (broad SMARTS) is 1. The molecule has 0 aromatic carbocycles. The molecule has 0 aliphatic carbocycles. The van der Waals surface area contributed by atoms with Gasteiger partial charge < -0.3 is 15.2 Å². The molecule has 1 unspecified atom stereocenters. The molecular weight excluding hydrogens is 218 g/mol. The molecule has 2 aromatic heterocycles. The second kappa shape index (κ2) is 3.52. The van der Waals surface area contributed by atoms with Crippen molar-refractivity contribution in [2.24, 2.45) is 5.73 Å². The number of carboxylic acids is 1. The van der Waals surface area contributed by atoms with Gasteiger partial charge >= 0.3 is 5.97 Å². The van der Waals surface area contributed by atoms with Crippen LogP contribution in [0.2, 0.25) is 5.02 Å². The number of carbonyl (C=O) groups is 1. The van der Waals surface area contributed by atoms with E-state index in [1.807, 2.05) is 0 Å². The van der Waals surface area contributed by atoms with Gasteiger partial charge in [-0.3, -0.25) is 4.79 Å². The van der Waals surface area contributed by atoms with Crippen LogP contribution < -0.4 is 5.73 Å². The number of aromatic nitrogens is 2. The van der Waals surface area contributed by atoms with Crippen LogP contribution in [0.1, 0.15) is 11.7 Å². The summed E-state index contributed by atoms with van der Waals surface area (Å²) in [6, 6.07) is 2.28. The highest BCUT2D eigenvalue weighted by Gasteiger charge is 2.18. The second-order valence-electron chi connectivity index (χ2n) is 3.07. The lowest BCUT2D eigenvalue weighted by molar-refractivity contribution is -0.138. The molecule has 1 atom stereocenters. The van der Waals surface area contributed by atoms with Crippen molar-refractivity contribution in [1.82, 2.24) is 9.38 Å². The van der Waals surface area contributed by atoms with E-state index in [-0.39, 0.29) is 0 Å². The molecule has 0 aliphatic rings. The van der Waals surface area contributed by atoms with Crippen LogP contribution in [0.25, 0.3) is 5.65 Å². The third-order valence-electron chi connectivity index (χ3n) is 2.08. The van der Waals surface area contributed by atoms with Gasteiger partial charge in [0, 0.05) is 6.20 Å². The quantitative estimate of drug-likeness (QED) is 0.801. The summed E-state index contributed by atoms with van der Waals surface area (Å²) in [6.45, 7) is 0. The van der Waals surface area contributed by atoms with Gasteiger partial charge in [-0.15, -0.1) is 0 Å². The zero-order valence-corrected chi connectivity index (χ0v) is 8.35. The van der Waals surface area contributed by atoms with Crippen LogP contribution in [0.15, 0.2) is 24.5 Å². The Hall–Kier alpha value is -1.59. The third-order valence-corrected chi connectivity index (χ3v) is 2.31. The van der Waals surface area contributed by atoms with Crippen molar-refractivity contribution in [2.45, 2.75) is 6.04 Å². The number of aliphatic carboxylic acids is 1. The van der Waals surface area contributed by atoms with E-state index < -0.39 is 12.0 Å². The lowest BCUT2D eigenvalue weighted by Crippen LogP contribution is -2.22. The van der Waals surface area contributed by atoms with E-state index in [9.17, 15) is 4.79 Å². The van der Waals surface area contributed by atoms with E-state index in [2.05, 4.69) is 4.98 Å². The summed E-state index contributed by atoms with van der Waals surface area (Å²) in [5, 5.41) is 9.28. The Morgan fingerprint density at radius 1 is 1.60 bits per heavy atom. The lowest BCUT2D eigenvalue weighted by atomic mass is 10.2. The van der Waals surface area contributed by atoms with Crippen LogP contribution in [-0.4, -0.2) is 20.5 Å². The van der Waals surface area contributed by atoms with Gasteiger partial charge in [-0.1, -0.05) is 11.6 Å². The van der Waals surface area contributed by atoms with Gasteiger partial charge in [0.2, 0.25) is 0 Å². The average molecular weight is 226 g/mol. The first-order chi connectivity index (χ1) is 7.09. The number of rotatable bonds is 2. The number of hydrogen-bond acceptors (Lipinski definition) is 3. The van der Waals surface area contributed by atoms with Crippen LogP contribution in [0.4, 0.5) is 0 Å². The molecule has 2 rings (SSSR count). The molecular formula is C9H8ClN3O2. The van der Waals surface area contributed by atoms with Crippen LogP contribution in [0.3, 0.4) is 0 Å². The number of nitrogens with two attached hydrogens (primary N) is 1. The smallest absolute Gasteiger partial charge is 0.326 e. The largest absolute Gasteiger partial charge is 0.480 e. The van der Waals surface area contributed by atoms with Crippen molar-refractivity contribution >= 4 is 23.2 Å². The molecule has 0 bridgehead atoms. The molecule has 0 spiro atoms. The molecule has 0 radical (unpaired) electrons. The summed E-state index contributed by atoms with van der Waals surface area (Å²) in [7, 11) is 0. The molecule has 15 heavy (non-hydrogen) atoms. The van der Waals surface area contributed by atoms with Crippen LogP contribution in [0, 0.1) is 0 Å². The molecule has 6 heteroatoms. The van der Waals surface area contributed by atoms with Crippen molar-refractivity contribution in [2.75, 3.05) is 0 Å². The molecule has 0 saturated heterocycles. The Bertz CT molecular complexity index is 523. The number of imidazole rings is 1. The Morgan fingerprint density at radius 3 is 3.00 bits per heavy atom. The fourth-order valence-corrected chi connectivity index (χ4v) is 1.49. The fourth-order valence-electron chi connectivity index (χ4n) is 1.33. The molecule has 0 amide bonds. The number of pyridine rings is 1. The van der Waals surface area contributed by atoms with Crippen LogP contribution >= 0.6 is 11.6 Å². The summed E-state index contributed by atoms with van der Waals surface area (Å²) in [6.07, 6.45) is 3.02. The SMILES string of the molecule is NC(C(=O)O)c1cnc2ccc(Cl)cn12. The van der Waals surface area contributed by atoms with Gasteiger partial charge in [-0.2, -0.15) is 0 Å². The number of hydrogen-bond donors (Lipinski definition) is 2. The van der Waals surface area contributed by atoms with Gasteiger partial charge in [0.1, 0.15) is 11.7 Å². The van der Waals surface area contributed by atoms with E-state index in [0.29, 0.717) is 16.4 Å². The van der Waals surface area contributed by atoms with Gasteiger partial charge in [-0.25, -0.2) is 4.98 Å². The third kappa shape index (κ3) is 1.67. The van der Waals surface area contributed by atoms with Gasteiger partial charge in [0.05, 0.1) is 16.9 Å². The molecule has 5 nitrogen and oxygen atoms in total. The van der Waals surface area contributed by atoms with Gasteiger partial charge in [0.15, 0.2) is 0 Å². The van der Waals surface area contributed by atoms with E-state index in [4.69, 9.17) is 22.4 Å². The minimum atomic E-state index is -1.10. The van der Waals surface area contributed by atoms with Crippen molar-refractivity contribution in [1.29, 1.82) is 0 Å². The Morgan fingerprint density at radius 2 is 2.33 bits per heavy atom. The van der Waals surface area contributed by atoms with Gasteiger partial charge in [-0.05, 0) is 12.1 Å². The zero-order chi connectivity index (χ0) is 11.0. The molecule has 0 saturated carbocycles. The predicted molar refractivity (Wildman–Crippen MR) is 54.8 cm³/mol. The topological polar surface area (TPSA) is 80.6 Å². The Labute approximate surface area is 90.1 Å². The van der Waals surface area contributed by atoms with E-state index in [1.165, 1.54) is 6.20 Å². The van der Waals surface area contributed by atoms with E-state index in [0.717, 1.165) is 0 Å².